The Morgan fingerprint density at radius 2 is 1.79 bits per heavy atom. The van der Waals surface area contributed by atoms with E-state index in [1.165, 1.54) is 11.9 Å². The van der Waals surface area contributed by atoms with Crippen LogP contribution in [-0.2, 0) is 9.53 Å². The minimum atomic E-state index is -0.817. The molecule has 0 spiro atoms. The fourth-order valence-corrected chi connectivity index (χ4v) is 1.49. The predicted octanol–water partition coefficient (Wildman–Crippen LogP) is 1.99. The van der Waals surface area contributed by atoms with Crippen molar-refractivity contribution in [3.8, 4) is 0 Å². The van der Waals surface area contributed by atoms with E-state index >= 15 is 0 Å². The molecule has 0 saturated heterocycles. The number of carbonyl (C=O) groups excluding carboxylic acids is 2. The number of rotatable bonds is 5. The van der Waals surface area contributed by atoms with E-state index < -0.39 is 23.5 Å². The van der Waals surface area contributed by atoms with E-state index in [1.807, 2.05) is 0 Å². The van der Waals surface area contributed by atoms with E-state index in [-0.39, 0.29) is 25.1 Å². The van der Waals surface area contributed by atoms with Crippen LogP contribution in [0.4, 0.5) is 8.78 Å². The third-order valence-corrected chi connectivity index (χ3v) is 2.41. The van der Waals surface area contributed by atoms with Crippen molar-refractivity contribution in [2.75, 3.05) is 20.2 Å². The Labute approximate surface area is 110 Å². The topological polar surface area (TPSA) is 46.6 Å². The van der Waals surface area contributed by atoms with Gasteiger partial charge in [-0.05, 0) is 19.1 Å². The molecule has 0 unspecified atom stereocenters. The Morgan fingerprint density at radius 3 is 2.32 bits per heavy atom. The molecule has 19 heavy (non-hydrogen) atoms. The molecule has 0 N–H and O–H groups in total. The Bertz CT molecular complexity index is 457. The standard InChI is InChI=1S/C13H15F2NO3/c1-3-19-12(17)4-5-16(2)13(18)9-6-10(14)8-11(15)7-9/h6-8H,3-5H2,1-2H3. The number of amides is 1. The van der Waals surface area contributed by atoms with Crippen LogP contribution in [0.3, 0.4) is 0 Å². The molecular formula is C13H15F2NO3. The zero-order valence-corrected chi connectivity index (χ0v) is 10.8. The highest BCUT2D eigenvalue weighted by atomic mass is 19.1. The lowest BCUT2D eigenvalue weighted by atomic mass is 10.2. The fraction of sp³-hybridized carbons (Fsp3) is 0.385. The molecule has 4 nitrogen and oxygen atoms in total. The summed E-state index contributed by atoms with van der Waals surface area (Å²) < 4.78 is 30.7. The average Bonchev–Trinajstić information content (AvgIpc) is 2.34. The molecule has 104 valence electrons. The summed E-state index contributed by atoms with van der Waals surface area (Å²) in [4.78, 5) is 24.2. The molecule has 0 aromatic heterocycles. The highest BCUT2D eigenvalue weighted by Gasteiger charge is 2.15. The Morgan fingerprint density at radius 1 is 1.21 bits per heavy atom. The largest absolute Gasteiger partial charge is 0.466 e. The molecule has 1 aromatic carbocycles. The van der Waals surface area contributed by atoms with Crippen molar-refractivity contribution in [2.24, 2.45) is 0 Å². The number of ether oxygens (including phenoxy) is 1. The second-order valence-corrected chi connectivity index (χ2v) is 3.94. The Balaban J connectivity index is 2.63. The minimum Gasteiger partial charge on any atom is -0.466 e. The van der Waals surface area contributed by atoms with Gasteiger partial charge in [0.15, 0.2) is 0 Å². The van der Waals surface area contributed by atoms with Gasteiger partial charge in [0.05, 0.1) is 13.0 Å². The molecule has 1 aromatic rings. The molecule has 1 rings (SSSR count). The van der Waals surface area contributed by atoms with Crippen LogP contribution in [0.2, 0.25) is 0 Å². The van der Waals surface area contributed by atoms with Crippen LogP contribution in [0.1, 0.15) is 23.7 Å². The molecule has 0 heterocycles. The van der Waals surface area contributed by atoms with Crippen molar-refractivity contribution in [3.05, 3.63) is 35.4 Å². The van der Waals surface area contributed by atoms with Gasteiger partial charge >= 0.3 is 5.97 Å². The average molecular weight is 271 g/mol. The van der Waals surface area contributed by atoms with E-state index in [4.69, 9.17) is 4.74 Å². The number of hydrogen-bond acceptors (Lipinski definition) is 3. The van der Waals surface area contributed by atoms with Crippen molar-refractivity contribution in [1.29, 1.82) is 0 Å². The van der Waals surface area contributed by atoms with Gasteiger partial charge in [-0.2, -0.15) is 0 Å². The molecule has 0 aliphatic carbocycles. The van der Waals surface area contributed by atoms with Crippen LogP contribution < -0.4 is 0 Å². The van der Waals surface area contributed by atoms with Crippen molar-refractivity contribution < 1.29 is 23.1 Å². The lowest BCUT2D eigenvalue weighted by Gasteiger charge is -2.16. The van der Waals surface area contributed by atoms with Crippen LogP contribution in [0, 0.1) is 11.6 Å². The number of hydrogen-bond donors (Lipinski definition) is 0. The summed E-state index contributed by atoms with van der Waals surface area (Å²) >= 11 is 0. The summed E-state index contributed by atoms with van der Waals surface area (Å²) in [6.07, 6.45) is 0.0356. The van der Waals surface area contributed by atoms with Gasteiger partial charge in [0, 0.05) is 25.2 Å². The molecular weight excluding hydrogens is 256 g/mol. The second-order valence-electron chi connectivity index (χ2n) is 3.94. The van der Waals surface area contributed by atoms with Crippen LogP contribution in [0.25, 0.3) is 0 Å². The van der Waals surface area contributed by atoms with Crippen LogP contribution in [0.5, 0.6) is 0 Å². The van der Waals surface area contributed by atoms with Gasteiger partial charge in [-0.15, -0.1) is 0 Å². The van der Waals surface area contributed by atoms with E-state index in [1.54, 1.807) is 6.92 Å². The van der Waals surface area contributed by atoms with Crippen molar-refractivity contribution >= 4 is 11.9 Å². The predicted molar refractivity (Wildman–Crippen MR) is 64.6 cm³/mol. The fourth-order valence-electron chi connectivity index (χ4n) is 1.49. The Hall–Kier alpha value is -1.98. The first-order valence-corrected chi connectivity index (χ1v) is 5.81. The molecule has 1 amide bonds. The maximum Gasteiger partial charge on any atom is 0.307 e. The second kappa shape index (κ2) is 6.82. The lowest BCUT2D eigenvalue weighted by molar-refractivity contribution is -0.143. The molecule has 0 radical (unpaired) electrons. The van der Waals surface area contributed by atoms with Crippen molar-refractivity contribution in [2.45, 2.75) is 13.3 Å². The normalized spacial score (nSPS) is 10.1. The third kappa shape index (κ3) is 4.65. The number of carbonyl (C=O) groups is 2. The highest BCUT2D eigenvalue weighted by Crippen LogP contribution is 2.10. The van der Waals surface area contributed by atoms with Crippen molar-refractivity contribution in [1.82, 2.24) is 4.90 Å². The third-order valence-electron chi connectivity index (χ3n) is 2.41. The highest BCUT2D eigenvalue weighted by molar-refractivity contribution is 5.94. The first kappa shape index (κ1) is 15.1. The van der Waals surface area contributed by atoms with Gasteiger partial charge < -0.3 is 9.64 Å². The van der Waals surface area contributed by atoms with Crippen LogP contribution in [-0.4, -0.2) is 37.0 Å². The monoisotopic (exact) mass is 271 g/mol. The summed E-state index contributed by atoms with van der Waals surface area (Å²) in [6, 6.07) is 2.59. The van der Waals surface area contributed by atoms with Gasteiger partial charge in [-0.25, -0.2) is 8.78 Å². The Kier molecular flexibility index (Phi) is 5.41. The van der Waals surface area contributed by atoms with Crippen LogP contribution >= 0.6 is 0 Å². The van der Waals surface area contributed by atoms with Gasteiger partial charge in [0.2, 0.25) is 0 Å². The molecule has 0 aliphatic heterocycles. The van der Waals surface area contributed by atoms with E-state index in [0.717, 1.165) is 12.1 Å². The summed E-state index contributed by atoms with van der Waals surface area (Å²) in [5.74, 6) is -2.61. The van der Waals surface area contributed by atoms with E-state index in [9.17, 15) is 18.4 Å². The SMILES string of the molecule is CCOC(=O)CCN(C)C(=O)c1cc(F)cc(F)c1. The molecule has 6 heteroatoms. The zero-order valence-electron chi connectivity index (χ0n) is 10.8. The lowest BCUT2D eigenvalue weighted by Crippen LogP contribution is -2.29. The summed E-state index contributed by atoms with van der Waals surface area (Å²) in [7, 11) is 1.45. The summed E-state index contributed by atoms with van der Waals surface area (Å²) in [5.41, 5.74) is -0.0936. The molecule has 0 fully saturated rings. The maximum atomic E-state index is 13.0. The van der Waals surface area contributed by atoms with Gasteiger partial charge in [0.1, 0.15) is 11.6 Å². The maximum absolute atomic E-state index is 13.0. The smallest absolute Gasteiger partial charge is 0.307 e. The zero-order chi connectivity index (χ0) is 14.4. The number of halogens is 2. The van der Waals surface area contributed by atoms with Gasteiger partial charge in [0.25, 0.3) is 5.91 Å². The van der Waals surface area contributed by atoms with Crippen LogP contribution in [0.15, 0.2) is 18.2 Å². The minimum absolute atomic E-state index is 0.0356. The number of esters is 1. The molecule has 0 saturated carbocycles. The first-order chi connectivity index (χ1) is 8.93. The van der Waals surface area contributed by atoms with Gasteiger partial charge in [-0.1, -0.05) is 0 Å². The number of benzene rings is 1. The molecule has 0 bridgehead atoms. The summed E-state index contributed by atoms with van der Waals surface area (Å²) in [6.45, 7) is 2.07. The number of nitrogens with zero attached hydrogens (tertiary/aromatic N) is 1. The van der Waals surface area contributed by atoms with Gasteiger partial charge in [-0.3, -0.25) is 9.59 Å². The van der Waals surface area contributed by atoms with Crippen molar-refractivity contribution in [3.63, 3.8) is 0 Å². The molecule has 0 aliphatic rings. The molecule has 0 atom stereocenters. The first-order valence-electron chi connectivity index (χ1n) is 5.81. The quantitative estimate of drug-likeness (QED) is 0.769. The summed E-state index contributed by atoms with van der Waals surface area (Å²) in [5, 5.41) is 0. The van der Waals surface area contributed by atoms with E-state index in [2.05, 4.69) is 0 Å². The van der Waals surface area contributed by atoms with E-state index in [0.29, 0.717) is 6.07 Å².